The quantitative estimate of drug-likeness (QED) is 0.756. The van der Waals surface area contributed by atoms with Crippen LogP contribution in [0.1, 0.15) is 32.3 Å². The molecule has 110 valence electrons. The van der Waals surface area contributed by atoms with Crippen LogP contribution in [0, 0.1) is 0 Å². The van der Waals surface area contributed by atoms with Crippen LogP contribution in [0.25, 0.3) is 10.8 Å². The van der Waals surface area contributed by atoms with Gasteiger partial charge in [0.05, 0.1) is 6.61 Å². The van der Waals surface area contributed by atoms with Crippen molar-refractivity contribution in [3.05, 3.63) is 42.0 Å². The molecule has 0 fully saturated rings. The molecule has 2 aromatic rings. The second kappa shape index (κ2) is 8.83. The lowest BCUT2D eigenvalue weighted by Crippen LogP contribution is -2.15. The molecular weight excluding hydrogens is 270 g/mol. The van der Waals surface area contributed by atoms with E-state index in [0.29, 0.717) is 6.61 Å². The van der Waals surface area contributed by atoms with E-state index in [4.69, 9.17) is 4.74 Å². The highest BCUT2D eigenvalue weighted by atomic mass is 35.5. The van der Waals surface area contributed by atoms with Crippen molar-refractivity contribution >= 4 is 23.2 Å². The Morgan fingerprint density at radius 2 is 1.85 bits per heavy atom. The molecule has 0 aliphatic rings. The second-order valence-electron chi connectivity index (χ2n) is 4.73. The Labute approximate surface area is 127 Å². The SMILES string of the molecule is CCCCNCc1c(OCC)ccc2ccccc12.Cl. The van der Waals surface area contributed by atoms with E-state index >= 15 is 0 Å². The zero-order chi connectivity index (χ0) is 13.5. The second-order valence-corrected chi connectivity index (χ2v) is 4.73. The van der Waals surface area contributed by atoms with Gasteiger partial charge in [0.25, 0.3) is 0 Å². The van der Waals surface area contributed by atoms with Gasteiger partial charge in [0.1, 0.15) is 5.75 Å². The van der Waals surface area contributed by atoms with E-state index in [1.807, 2.05) is 6.92 Å². The van der Waals surface area contributed by atoms with E-state index < -0.39 is 0 Å². The lowest BCUT2D eigenvalue weighted by atomic mass is 10.0. The summed E-state index contributed by atoms with van der Waals surface area (Å²) in [5.74, 6) is 1.00. The Kier molecular flexibility index (Phi) is 7.42. The molecule has 0 saturated heterocycles. The van der Waals surface area contributed by atoms with E-state index in [1.165, 1.54) is 29.2 Å². The fraction of sp³-hybridized carbons (Fsp3) is 0.412. The van der Waals surface area contributed by atoms with Crippen molar-refractivity contribution in [3.8, 4) is 5.75 Å². The van der Waals surface area contributed by atoms with Crippen LogP contribution in [-0.4, -0.2) is 13.2 Å². The first-order chi connectivity index (χ1) is 9.36. The summed E-state index contributed by atoms with van der Waals surface area (Å²) in [6.07, 6.45) is 2.44. The predicted octanol–water partition coefficient (Wildman–Crippen LogP) is 4.55. The summed E-state index contributed by atoms with van der Waals surface area (Å²) >= 11 is 0. The Bertz CT molecular complexity index is 527. The standard InChI is InChI=1S/C17H23NO.ClH/c1-3-5-12-18-13-16-15-9-7-6-8-14(15)10-11-17(16)19-4-2;/h6-11,18H,3-5,12-13H2,1-2H3;1H. The van der Waals surface area contributed by atoms with Crippen LogP contribution in [0.15, 0.2) is 36.4 Å². The summed E-state index contributed by atoms with van der Waals surface area (Å²) in [6, 6.07) is 12.7. The normalized spacial score (nSPS) is 10.3. The Balaban J connectivity index is 0.00000200. The Morgan fingerprint density at radius 3 is 2.60 bits per heavy atom. The maximum atomic E-state index is 5.76. The van der Waals surface area contributed by atoms with Gasteiger partial charge in [0.15, 0.2) is 0 Å². The first-order valence-electron chi connectivity index (χ1n) is 7.21. The molecule has 0 aliphatic carbocycles. The minimum Gasteiger partial charge on any atom is -0.494 e. The van der Waals surface area contributed by atoms with Crippen LogP contribution < -0.4 is 10.1 Å². The number of rotatable bonds is 7. The van der Waals surface area contributed by atoms with Crippen molar-refractivity contribution in [2.45, 2.75) is 33.2 Å². The van der Waals surface area contributed by atoms with Crippen molar-refractivity contribution < 1.29 is 4.74 Å². The number of ether oxygens (including phenoxy) is 1. The molecule has 1 N–H and O–H groups in total. The predicted molar refractivity (Wildman–Crippen MR) is 89.0 cm³/mol. The lowest BCUT2D eigenvalue weighted by Gasteiger charge is -2.14. The third-order valence-corrected chi connectivity index (χ3v) is 3.31. The Hall–Kier alpha value is -1.25. The van der Waals surface area contributed by atoms with Gasteiger partial charge < -0.3 is 10.1 Å². The van der Waals surface area contributed by atoms with E-state index in [9.17, 15) is 0 Å². The van der Waals surface area contributed by atoms with Gasteiger partial charge in [0.2, 0.25) is 0 Å². The lowest BCUT2D eigenvalue weighted by molar-refractivity contribution is 0.336. The zero-order valence-electron chi connectivity index (χ0n) is 12.3. The molecule has 3 heteroatoms. The van der Waals surface area contributed by atoms with Crippen LogP contribution in [-0.2, 0) is 6.54 Å². The molecule has 0 aromatic heterocycles. The number of fused-ring (bicyclic) bond motifs is 1. The maximum Gasteiger partial charge on any atom is 0.124 e. The first kappa shape index (κ1) is 16.8. The Morgan fingerprint density at radius 1 is 1.05 bits per heavy atom. The molecule has 2 aromatic carbocycles. The van der Waals surface area contributed by atoms with Gasteiger partial charge in [-0.25, -0.2) is 0 Å². The number of nitrogens with one attached hydrogen (secondary N) is 1. The van der Waals surface area contributed by atoms with Crippen molar-refractivity contribution in [3.63, 3.8) is 0 Å². The highest BCUT2D eigenvalue weighted by Crippen LogP contribution is 2.28. The van der Waals surface area contributed by atoms with Gasteiger partial charge in [0, 0.05) is 12.1 Å². The molecule has 0 radical (unpaired) electrons. The van der Waals surface area contributed by atoms with E-state index in [-0.39, 0.29) is 12.4 Å². The van der Waals surface area contributed by atoms with E-state index in [2.05, 4.69) is 48.6 Å². The third kappa shape index (κ3) is 4.12. The van der Waals surface area contributed by atoms with Crippen LogP contribution in [0.2, 0.25) is 0 Å². The molecule has 2 rings (SSSR count). The molecule has 0 amide bonds. The molecule has 0 saturated carbocycles. The van der Waals surface area contributed by atoms with Gasteiger partial charge in [-0.05, 0) is 36.7 Å². The van der Waals surface area contributed by atoms with E-state index in [1.54, 1.807) is 0 Å². The zero-order valence-corrected chi connectivity index (χ0v) is 13.1. The average molecular weight is 294 g/mol. The molecule has 0 bridgehead atoms. The summed E-state index contributed by atoms with van der Waals surface area (Å²) in [6.45, 7) is 6.89. The topological polar surface area (TPSA) is 21.3 Å². The van der Waals surface area contributed by atoms with Crippen LogP contribution in [0.5, 0.6) is 5.75 Å². The largest absolute Gasteiger partial charge is 0.494 e. The number of hydrogen-bond acceptors (Lipinski definition) is 2. The first-order valence-corrected chi connectivity index (χ1v) is 7.21. The van der Waals surface area contributed by atoms with Gasteiger partial charge in [-0.3, -0.25) is 0 Å². The number of unbranched alkanes of at least 4 members (excludes halogenated alkanes) is 1. The van der Waals surface area contributed by atoms with Crippen molar-refractivity contribution in [2.24, 2.45) is 0 Å². The molecule has 0 spiro atoms. The number of halogens is 1. The summed E-state index contributed by atoms with van der Waals surface area (Å²) in [5.41, 5.74) is 1.27. The highest BCUT2D eigenvalue weighted by Gasteiger charge is 2.07. The van der Waals surface area contributed by atoms with Crippen LogP contribution in [0.3, 0.4) is 0 Å². The molecule has 0 unspecified atom stereocenters. The summed E-state index contributed by atoms with van der Waals surface area (Å²) in [4.78, 5) is 0. The number of hydrogen-bond donors (Lipinski definition) is 1. The highest BCUT2D eigenvalue weighted by molar-refractivity contribution is 5.87. The fourth-order valence-electron chi connectivity index (χ4n) is 2.30. The molecule has 2 nitrogen and oxygen atoms in total. The number of benzene rings is 2. The average Bonchev–Trinajstić information content (AvgIpc) is 2.45. The summed E-state index contributed by atoms with van der Waals surface area (Å²) < 4.78 is 5.76. The van der Waals surface area contributed by atoms with Gasteiger partial charge in [-0.1, -0.05) is 43.7 Å². The molecule has 0 heterocycles. The monoisotopic (exact) mass is 293 g/mol. The van der Waals surface area contributed by atoms with Gasteiger partial charge in [-0.15, -0.1) is 12.4 Å². The fourth-order valence-corrected chi connectivity index (χ4v) is 2.30. The van der Waals surface area contributed by atoms with Crippen molar-refractivity contribution in [2.75, 3.05) is 13.2 Å². The van der Waals surface area contributed by atoms with Crippen LogP contribution >= 0.6 is 12.4 Å². The molecule has 0 atom stereocenters. The molecule has 0 aliphatic heterocycles. The minimum atomic E-state index is 0. The summed E-state index contributed by atoms with van der Waals surface area (Å²) in [5, 5.41) is 6.08. The van der Waals surface area contributed by atoms with Gasteiger partial charge in [-0.2, -0.15) is 0 Å². The molecule has 20 heavy (non-hydrogen) atoms. The maximum absolute atomic E-state index is 5.76. The van der Waals surface area contributed by atoms with Crippen molar-refractivity contribution in [1.82, 2.24) is 5.32 Å². The molecular formula is C17H24ClNO. The smallest absolute Gasteiger partial charge is 0.124 e. The van der Waals surface area contributed by atoms with Crippen LogP contribution in [0.4, 0.5) is 0 Å². The third-order valence-electron chi connectivity index (χ3n) is 3.31. The van der Waals surface area contributed by atoms with E-state index in [0.717, 1.165) is 18.8 Å². The summed E-state index contributed by atoms with van der Waals surface area (Å²) in [7, 11) is 0. The van der Waals surface area contributed by atoms with Gasteiger partial charge >= 0.3 is 0 Å². The minimum absolute atomic E-state index is 0. The van der Waals surface area contributed by atoms with Crippen molar-refractivity contribution in [1.29, 1.82) is 0 Å².